The third kappa shape index (κ3) is 2.18. The minimum absolute atomic E-state index is 0.382. The topological polar surface area (TPSA) is 9.23 Å². The van der Waals surface area contributed by atoms with Crippen LogP contribution in [-0.2, 0) is 5.41 Å². The van der Waals surface area contributed by atoms with Crippen LogP contribution in [0.15, 0.2) is 121 Å². The molecule has 0 saturated carbocycles. The van der Waals surface area contributed by atoms with Crippen molar-refractivity contribution in [2.45, 2.75) is 5.41 Å². The largest absolute Gasteiger partial charge is 0.457 e. The van der Waals surface area contributed by atoms with Crippen molar-refractivity contribution in [1.29, 1.82) is 0 Å². The number of ether oxygens (including phenoxy) is 1. The number of para-hydroxylation sites is 2. The first kappa shape index (κ1) is 17.6. The van der Waals surface area contributed by atoms with Gasteiger partial charge in [0.15, 0.2) is 0 Å². The molecule has 1 heteroatoms. The van der Waals surface area contributed by atoms with E-state index < -0.39 is 0 Å². The zero-order chi connectivity index (χ0) is 21.1. The molecular weight excluding hydrogens is 388 g/mol. The molecule has 0 aromatic heterocycles. The molecule has 5 aromatic rings. The fourth-order valence-electron chi connectivity index (χ4n) is 5.67. The monoisotopic (exact) mass is 408 g/mol. The molecule has 1 aliphatic heterocycles. The van der Waals surface area contributed by atoms with Crippen molar-refractivity contribution in [3.63, 3.8) is 0 Å². The zero-order valence-corrected chi connectivity index (χ0v) is 17.5. The Morgan fingerprint density at radius 1 is 0.406 bits per heavy atom. The third-order valence-corrected chi connectivity index (χ3v) is 6.95. The van der Waals surface area contributed by atoms with Gasteiger partial charge in [-0.2, -0.15) is 0 Å². The lowest BCUT2D eigenvalue weighted by Crippen LogP contribution is -2.32. The average Bonchev–Trinajstić information content (AvgIpc) is 3.15. The van der Waals surface area contributed by atoms with Crippen LogP contribution in [0.2, 0.25) is 0 Å². The first-order valence-corrected chi connectivity index (χ1v) is 11.0. The van der Waals surface area contributed by atoms with Crippen LogP contribution in [0, 0.1) is 0 Å². The van der Waals surface area contributed by atoms with Crippen molar-refractivity contribution in [1.82, 2.24) is 0 Å². The van der Waals surface area contributed by atoms with Gasteiger partial charge in [0.25, 0.3) is 0 Å². The van der Waals surface area contributed by atoms with E-state index in [2.05, 4.69) is 121 Å². The summed E-state index contributed by atoms with van der Waals surface area (Å²) in [6.07, 6.45) is 0. The Morgan fingerprint density at radius 2 is 0.969 bits per heavy atom. The minimum Gasteiger partial charge on any atom is -0.457 e. The molecule has 7 rings (SSSR count). The fraction of sp³-hybridized carbons (Fsp3) is 0.0323. The van der Waals surface area contributed by atoms with Crippen LogP contribution in [0.25, 0.3) is 22.3 Å². The molecule has 1 heterocycles. The second-order valence-corrected chi connectivity index (χ2v) is 8.52. The summed E-state index contributed by atoms with van der Waals surface area (Å²) in [7, 11) is 0. The minimum atomic E-state index is -0.382. The lowest BCUT2D eigenvalue weighted by molar-refractivity contribution is 0.436. The summed E-state index contributed by atoms with van der Waals surface area (Å²) in [6.45, 7) is 0. The maximum Gasteiger partial charge on any atom is 0.132 e. The summed E-state index contributed by atoms with van der Waals surface area (Å²) in [5.41, 5.74) is 9.75. The fourth-order valence-corrected chi connectivity index (χ4v) is 5.67. The summed E-state index contributed by atoms with van der Waals surface area (Å²) in [5, 5.41) is 0. The standard InChI is InChI=1S/C31H20O/c1-2-10-21(11-3-1)22-18-19-26-24(20-22)23-12-4-5-13-25(23)31(26)27-14-6-8-16-29(27)32-30-17-9-7-15-28(30)31/h1-20H. The highest BCUT2D eigenvalue weighted by molar-refractivity contribution is 5.90. The van der Waals surface area contributed by atoms with Gasteiger partial charge in [-0.15, -0.1) is 0 Å². The zero-order valence-electron chi connectivity index (χ0n) is 17.5. The maximum absolute atomic E-state index is 6.39. The van der Waals surface area contributed by atoms with Crippen LogP contribution < -0.4 is 4.74 Å². The van der Waals surface area contributed by atoms with Gasteiger partial charge < -0.3 is 4.74 Å². The Labute approximate surface area is 187 Å². The highest BCUT2D eigenvalue weighted by Gasteiger charge is 2.50. The lowest BCUT2D eigenvalue weighted by Gasteiger charge is -2.39. The number of rotatable bonds is 1. The van der Waals surface area contributed by atoms with Crippen LogP contribution in [0.1, 0.15) is 22.3 Å². The number of fused-ring (bicyclic) bond motifs is 9. The average molecular weight is 409 g/mol. The van der Waals surface area contributed by atoms with Crippen LogP contribution in [0.5, 0.6) is 11.5 Å². The van der Waals surface area contributed by atoms with Gasteiger partial charge in [-0.1, -0.05) is 103 Å². The molecule has 2 aliphatic rings. The van der Waals surface area contributed by atoms with Crippen LogP contribution in [0.4, 0.5) is 0 Å². The highest BCUT2D eigenvalue weighted by Crippen LogP contribution is 2.62. The van der Waals surface area contributed by atoms with E-state index in [9.17, 15) is 0 Å². The lowest BCUT2D eigenvalue weighted by atomic mass is 9.66. The Morgan fingerprint density at radius 3 is 1.69 bits per heavy atom. The Kier molecular flexibility index (Phi) is 3.54. The number of hydrogen-bond donors (Lipinski definition) is 0. The van der Waals surface area contributed by atoms with E-state index in [0.29, 0.717) is 0 Å². The second kappa shape index (κ2) is 6.45. The molecule has 0 N–H and O–H groups in total. The van der Waals surface area contributed by atoms with Crippen molar-refractivity contribution >= 4 is 0 Å². The molecule has 0 bridgehead atoms. The van der Waals surface area contributed by atoms with Gasteiger partial charge in [-0.25, -0.2) is 0 Å². The molecule has 0 fully saturated rings. The molecule has 0 saturated heterocycles. The normalized spacial score (nSPS) is 14.1. The summed E-state index contributed by atoms with van der Waals surface area (Å²) in [6, 6.07) is 43.4. The van der Waals surface area contributed by atoms with Crippen LogP contribution in [0.3, 0.4) is 0 Å². The Balaban J connectivity index is 1.61. The Hall–Kier alpha value is -4.10. The molecule has 0 atom stereocenters. The molecule has 1 nitrogen and oxygen atoms in total. The molecule has 1 spiro atoms. The van der Waals surface area contributed by atoms with E-state index in [1.807, 2.05) is 0 Å². The van der Waals surface area contributed by atoms with Gasteiger partial charge >= 0.3 is 0 Å². The van der Waals surface area contributed by atoms with E-state index in [-0.39, 0.29) is 5.41 Å². The third-order valence-electron chi connectivity index (χ3n) is 6.95. The van der Waals surface area contributed by atoms with Gasteiger partial charge in [-0.05, 0) is 51.6 Å². The predicted octanol–water partition coefficient (Wildman–Crippen LogP) is 7.82. The van der Waals surface area contributed by atoms with E-state index in [1.165, 1.54) is 44.5 Å². The first-order chi connectivity index (χ1) is 15.9. The van der Waals surface area contributed by atoms with Gasteiger partial charge in [0.1, 0.15) is 11.5 Å². The van der Waals surface area contributed by atoms with Crippen molar-refractivity contribution in [3.05, 3.63) is 144 Å². The molecule has 1 aliphatic carbocycles. The number of hydrogen-bond acceptors (Lipinski definition) is 1. The van der Waals surface area contributed by atoms with Gasteiger partial charge in [0, 0.05) is 11.1 Å². The van der Waals surface area contributed by atoms with Gasteiger partial charge in [0.2, 0.25) is 0 Å². The van der Waals surface area contributed by atoms with E-state index >= 15 is 0 Å². The van der Waals surface area contributed by atoms with Gasteiger partial charge in [0.05, 0.1) is 5.41 Å². The van der Waals surface area contributed by atoms with Gasteiger partial charge in [-0.3, -0.25) is 0 Å². The van der Waals surface area contributed by atoms with Crippen molar-refractivity contribution in [3.8, 4) is 33.8 Å². The summed E-state index contributed by atoms with van der Waals surface area (Å²) in [4.78, 5) is 0. The second-order valence-electron chi connectivity index (χ2n) is 8.52. The van der Waals surface area contributed by atoms with Crippen molar-refractivity contribution < 1.29 is 4.74 Å². The highest BCUT2D eigenvalue weighted by atomic mass is 16.5. The van der Waals surface area contributed by atoms with Crippen LogP contribution in [-0.4, -0.2) is 0 Å². The maximum atomic E-state index is 6.39. The Bertz CT molecular complexity index is 1450. The predicted molar refractivity (Wildman–Crippen MR) is 129 cm³/mol. The number of benzene rings is 5. The SMILES string of the molecule is c1ccc(-c2ccc3c(c2)-c2ccccc2C32c3ccccc3Oc3ccccc32)cc1. The first-order valence-electron chi connectivity index (χ1n) is 11.0. The smallest absolute Gasteiger partial charge is 0.132 e. The molecule has 0 radical (unpaired) electrons. The van der Waals surface area contributed by atoms with E-state index in [4.69, 9.17) is 4.74 Å². The van der Waals surface area contributed by atoms with E-state index in [0.717, 1.165) is 11.5 Å². The molecule has 0 unspecified atom stereocenters. The summed E-state index contributed by atoms with van der Waals surface area (Å²) in [5.74, 6) is 1.86. The van der Waals surface area contributed by atoms with Crippen molar-refractivity contribution in [2.24, 2.45) is 0 Å². The van der Waals surface area contributed by atoms with E-state index in [1.54, 1.807) is 0 Å². The molecule has 32 heavy (non-hydrogen) atoms. The summed E-state index contributed by atoms with van der Waals surface area (Å²) < 4.78 is 6.39. The van der Waals surface area contributed by atoms with Crippen LogP contribution >= 0.6 is 0 Å². The quantitative estimate of drug-likeness (QED) is 0.269. The molecule has 0 amide bonds. The molecule has 5 aromatic carbocycles. The van der Waals surface area contributed by atoms with Crippen molar-refractivity contribution in [2.75, 3.05) is 0 Å². The summed E-state index contributed by atoms with van der Waals surface area (Å²) >= 11 is 0. The molecule has 150 valence electrons. The molecular formula is C31H20O.